The monoisotopic (exact) mass is 201 g/mol. The molecule has 0 aliphatic carbocycles. The van der Waals surface area contributed by atoms with Gasteiger partial charge in [0, 0.05) is 30.3 Å². The first kappa shape index (κ1) is 8.96. The van der Waals surface area contributed by atoms with Crippen molar-refractivity contribution >= 4 is 11.5 Å². The Balaban J connectivity index is 2.07. The van der Waals surface area contributed by atoms with Crippen LogP contribution in [0.5, 0.6) is 0 Å². The van der Waals surface area contributed by atoms with Gasteiger partial charge in [-0.05, 0) is 31.4 Å². The maximum atomic E-state index is 11.9. The summed E-state index contributed by atoms with van der Waals surface area (Å²) >= 11 is 0. The highest BCUT2D eigenvalue weighted by Crippen LogP contribution is 2.34. The number of carbonyl (C=O) groups excluding carboxylic acids is 1. The normalized spacial score (nSPS) is 24.7. The van der Waals surface area contributed by atoms with E-state index in [0.29, 0.717) is 11.8 Å². The molecule has 0 amide bonds. The van der Waals surface area contributed by atoms with Gasteiger partial charge in [-0.1, -0.05) is 12.1 Å². The minimum atomic E-state index is 0.328. The summed E-state index contributed by atoms with van der Waals surface area (Å²) in [6.45, 7) is 1.12. The molecule has 3 rings (SSSR count). The number of para-hydroxylation sites is 1. The highest BCUT2D eigenvalue weighted by molar-refractivity contribution is 6.03. The van der Waals surface area contributed by atoms with E-state index in [0.717, 1.165) is 18.5 Å². The van der Waals surface area contributed by atoms with E-state index >= 15 is 0 Å². The Labute approximate surface area is 89.9 Å². The van der Waals surface area contributed by atoms with Gasteiger partial charge in [-0.2, -0.15) is 0 Å². The van der Waals surface area contributed by atoms with Crippen LogP contribution in [-0.2, 0) is 0 Å². The first-order valence-electron chi connectivity index (χ1n) is 5.75. The van der Waals surface area contributed by atoms with Crippen molar-refractivity contribution in [3.8, 4) is 0 Å². The van der Waals surface area contributed by atoms with Crippen LogP contribution in [0.3, 0.4) is 0 Å². The van der Waals surface area contributed by atoms with E-state index in [2.05, 4.69) is 11.0 Å². The van der Waals surface area contributed by atoms with Gasteiger partial charge in [-0.3, -0.25) is 4.79 Å². The predicted octanol–water partition coefficient (Wildman–Crippen LogP) is 2.63. The summed E-state index contributed by atoms with van der Waals surface area (Å²) in [6, 6.07) is 8.51. The summed E-state index contributed by atoms with van der Waals surface area (Å²) in [5.74, 6) is 0.328. The second-order valence-corrected chi connectivity index (χ2v) is 4.49. The van der Waals surface area contributed by atoms with E-state index in [9.17, 15) is 4.79 Å². The molecular formula is C13H15NO. The molecule has 2 heteroatoms. The first-order chi connectivity index (χ1) is 7.36. The molecule has 0 radical (unpaired) electrons. The van der Waals surface area contributed by atoms with Gasteiger partial charge < -0.3 is 4.90 Å². The van der Waals surface area contributed by atoms with Crippen LogP contribution in [0.15, 0.2) is 24.3 Å². The van der Waals surface area contributed by atoms with E-state index in [4.69, 9.17) is 0 Å². The first-order valence-corrected chi connectivity index (χ1v) is 5.75. The number of ketones is 1. The number of nitrogens with zero attached hydrogens (tertiary/aromatic N) is 1. The highest BCUT2D eigenvalue weighted by Gasteiger charge is 2.32. The molecule has 0 spiro atoms. The quantitative estimate of drug-likeness (QED) is 0.643. The van der Waals surface area contributed by atoms with Crippen molar-refractivity contribution in [2.75, 3.05) is 11.4 Å². The van der Waals surface area contributed by atoms with Crippen molar-refractivity contribution in [3.05, 3.63) is 29.8 Å². The summed E-state index contributed by atoms with van der Waals surface area (Å²) in [6.07, 6.45) is 4.44. The molecule has 1 atom stereocenters. The van der Waals surface area contributed by atoms with E-state index in [-0.39, 0.29) is 0 Å². The summed E-state index contributed by atoms with van der Waals surface area (Å²) in [4.78, 5) is 14.3. The van der Waals surface area contributed by atoms with Gasteiger partial charge in [0.05, 0.1) is 0 Å². The van der Waals surface area contributed by atoms with Gasteiger partial charge in [0.2, 0.25) is 0 Å². The van der Waals surface area contributed by atoms with Crippen LogP contribution in [0.25, 0.3) is 0 Å². The molecule has 1 aromatic carbocycles. The Kier molecular flexibility index (Phi) is 2.01. The van der Waals surface area contributed by atoms with E-state index < -0.39 is 0 Å². The Morgan fingerprint density at radius 3 is 3.00 bits per heavy atom. The van der Waals surface area contributed by atoms with Crippen LogP contribution in [0.4, 0.5) is 5.69 Å². The molecule has 78 valence electrons. The Bertz CT molecular complexity index is 399. The number of piperidine rings is 1. The molecule has 1 fully saturated rings. The van der Waals surface area contributed by atoms with Gasteiger partial charge >= 0.3 is 0 Å². The molecule has 1 saturated heterocycles. The van der Waals surface area contributed by atoms with Crippen molar-refractivity contribution in [1.82, 2.24) is 0 Å². The average Bonchev–Trinajstić information content (AvgIpc) is 2.30. The summed E-state index contributed by atoms with van der Waals surface area (Å²) in [5.41, 5.74) is 2.09. The summed E-state index contributed by atoms with van der Waals surface area (Å²) < 4.78 is 0. The van der Waals surface area contributed by atoms with Crippen molar-refractivity contribution in [2.24, 2.45) is 0 Å². The van der Waals surface area contributed by atoms with E-state index in [1.165, 1.54) is 24.9 Å². The molecule has 0 N–H and O–H groups in total. The second-order valence-electron chi connectivity index (χ2n) is 4.49. The zero-order valence-corrected chi connectivity index (χ0v) is 8.78. The van der Waals surface area contributed by atoms with Crippen LogP contribution in [0, 0.1) is 0 Å². The fraction of sp³-hybridized carbons (Fsp3) is 0.462. The smallest absolute Gasteiger partial charge is 0.167 e. The molecule has 1 aromatic rings. The maximum Gasteiger partial charge on any atom is 0.167 e. The third-order valence-electron chi connectivity index (χ3n) is 3.56. The van der Waals surface area contributed by atoms with Gasteiger partial charge in [0.15, 0.2) is 5.78 Å². The lowest BCUT2D eigenvalue weighted by Gasteiger charge is -2.41. The largest absolute Gasteiger partial charge is 0.368 e. The Hall–Kier alpha value is -1.31. The molecule has 1 unspecified atom stereocenters. The third kappa shape index (κ3) is 1.36. The SMILES string of the molecule is O=C1CC2CCCCN2c2ccccc21. The lowest BCUT2D eigenvalue weighted by Crippen LogP contribution is -2.44. The lowest BCUT2D eigenvalue weighted by atomic mass is 9.89. The molecule has 2 nitrogen and oxygen atoms in total. The zero-order chi connectivity index (χ0) is 10.3. The molecule has 2 heterocycles. The number of Topliss-reactive ketones (excluding diaryl/α,β-unsaturated/α-hetero) is 1. The fourth-order valence-corrected chi connectivity index (χ4v) is 2.81. The van der Waals surface area contributed by atoms with Crippen LogP contribution >= 0.6 is 0 Å². The third-order valence-corrected chi connectivity index (χ3v) is 3.56. The van der Waals surface area contributed by atoms with Gasteiger partial charge in [0.1, 0.15) is 0 Å². The number of fused-ring (bicyclic) bond motifs is 3. The molecule has 0 aromatic heterocycles. The topological polar surface area (TPSA) is 20.3 Å². The number of benzene rings is 1. The standard InChI is InChI=1S/C13H15NO/c15-13-9-10-5-3-4-8-14(10)12-7-2-1-6-11(12)13/h1-2,6-7,10H,3-5,8-9H2. The Morgan fingerprint density at radius 1 is 1.20 bits per heavy atom. The minimum Gasteiger partial charge on any atom is -0.368 e. The average molecular weight is 201 g/mol. The van der Waals surface area contributed by atoms with E-state index in [1.807, 2.05) is 18.2 Å². The molecular weight excluding hydrogens is 186 g/mol. The lowest BCUT2D eigenvalue weighted by molar-refractivity contribution is 0.0961. The molecule has 0 saturated carbocycles. The van der Waals surface area contributed by atoms with Crippen LogP contribution in [0.2, 0.25) is 0 Å². The van der Waals surface area contributed by atoms with Crippen molar-refractivity contribution in [2.45, 2.75) is 31.7 Å². The number of carbonyl (C=O) groups is 1. The number of rotatable bonds is 0. The van der Waals surface area contributed by atoms with Gasteiger partial charge in [-0.25, -0.2) is 0 Å². The number of anilines is 1. The molecule has 2 aliphatic heterocycles. The van der Waals surface area contributed by atoms with Crippen molar-refractivity contribution in [1.29, 1.82) is 0 Å². The summed E-state index contributed by atoms with van der Waals surface area (Å²) in [7, 11) is 0. The maximum absolute atomic E-state index is 11.9. The van der Waals surface area contributed by atoms with Crippen molar-refractivity contribution < 1.29 is 4.79 Å². The molecule has 2 aliphatic rings. The van der Waals surface area contributed by atoms with Gasteiger partial charge in [-0.15, -0.1) is 0 Å². The number of hydrogen-bond acceptors (Lipinski definition) is 2. The minimum absolute atomic E-state index is 0.328. The van der Waals surface area contributed by atoms with Crippen LogP contribution in [-0.4, -0.2) is 18.4 Å². The second kappa shape index (κ2) is 3.37. The summed E-state index contributed by atoms with van der Waals surface area (Å²) in [5, 5.41) is 0. The molecule has 0 bridgehead atoms. The fourth-order valence-electron chi connectivity index (χ4n) is 2.81. The molecule has 15 heavy (non-hydrogen) atoms. The zero-order valence-electron chi connectivity index (χ0n) is 8.78. The highest BCUT2D eigenvalue weighted by atomic mass is 16.1. The van der Waals surface area contributed by atoms with Gasteiger partial charge in [0.25, 0.3) is 0 Å². The van der Waals surface area contributed by atoms with Crippen LogP contribution < -0.4 is 4.90 Å². The van der Waals surface area contributed by atoms with Crippen molar-refractivity contribution in [3.63, 3.8) is 0 Å². The van der Waals surface area contributed by atoms with E-state index in [1.54, 1.807) is 0 Å². The van der Waals surface area contributed by atoms with Crippen LogP contribution in [0.1, 0.15) is 36.0 Å². The Morgan fingerprint density at radius 2 is 2.07 bits per heavy atom. The number of hydrogen-bond donors (Lipinski definition) is 0. The predicted molar refractivity (Wildman–Crippen MR) is 60.4 cm³/mol.